The molecule has 0 aromatic heterocycles. The number of ether oxygens (including phenoxy) is 1. The van der Waals surface area contributed by atoms with Crippen molar-refractivity contribution in [3.8, 4) is 0 Å². The summed E-state index contributed by atoms with van der Waals surface area (Å²) in [4.78, 5) is 13.8. The molecule has 1 unspecified atom stereocenters. The molecule has 22 heavy (non-hydrogen) atoms. The van der Waals surface area contributed by atoms with E-state index in [1.807, 2.05) is 24.3 Å². The van der Waals surface area contributed by atoms with Crippen molar-refractivity contribution in [3.05, 3.63) is 59.9 Å². The molecule has 1 aliphatic rings. The lowest BCUT2D eigenvalue weighted by molar-refractivity contribution is -0.123. The Balaban J connectivity index is 1.89. The minimum atomic E-state index is -0.737. The van der Waals surface area contributed by atoms with Gasteiger partial charge in [0.05, 0.1) is 12.0 Å². The van der Waals surface area contributed by atoms with Crippen LogP contribution < -0.4 is 5.73 Å². The lowest BCUT2D eigenvalue weighted by atomic mass is 9.79. The van der Waals surface area contributed by atoms with Gasteiger partial charge in [0.15, 0.2) is 0 Å². The maximum absolute atomic E-state index is 13.0. The summed E-state index contributed by atoms with van der Waals surface area (Å²) >= 11 is 1.52. The Labute approximate surface area is 132 Å². The Hall–Kier alpha value is -1.85. The van der Waals surface area contributed by atoms with E-state index in [0.717, 1.165) is 15.4 Å². The van der Waals surface area contributed by atoms with Crippen LogP contribution in [0.2, 0.25) is 0 Å². The molecule has 0 radical (unpaired) electrons. The Kier molecular flexibility index (Phi) is 4.18. The van der Waals surface area contributed by atoms with E-state index in [-0.39, 0.29) is 11.7 Å². The van der Waals surface area contributed by atoms with E-state index in [2.05, 4.69) is 0 Å². The molecular formula is C17H16FNO2S. The van der Waals surface area contributed by atoms with Gasteiger partial charge in [-0.3, -0.25) is 4.79 Å². The predicted octanol–water partition coefficient (Wildman–Crippen LogP) is 3.12. The number of hydrogen-bond donors (Lipinski definition) is 1. The number of nitrogens with two attached hydrogens (primary N) is 1. The molecular weight excluding hydrogens is 301 g/mol. The van der Waals surface area contributed by atoms with Gasteiger partial charge in [0.25, 0.3) is 0 Å². The van der Waals surface area contributed by atoms with Crippen LogP contribution in [0.4, 0.5) is 4.39 Å². The summed E-state index contributed by atoms with van der Waals surface area (Å²) in [6, 6.07) is 14.1. The van der Waals surface area contributed by atoms with Gasteiger partial charge in [-0.15, -0.1) is 0 Å². The average Bonchev–Trinajstić information content (AvgIpc) is 3.01. The van der Waals surface area contributed by atoms with E-state index in [9.17, 15) is 9.18 Å². The SMILES string of the molecule is NC(=O)C1(c2cccc(Sc3ccc(F)cc3)c2)CCOC1. The van der Waals surface area contributed by atoms with Crippen LogP contribution in [0.25, 0.3) is 0 Å². The van der Waals surface area contributed by atoms with Crippen LogP contribution in [0.5, 0.6) is 0 Å². The zero-order valence-electron chi connectivity index (χ0n) is 11.9. The molecule has 2 aromatic carbocycles. The number of carbonyl (C=O) groups excluding carboxylic acids is 1. The highest BCUT2D eigenvalue weighted by Crippen LogP contribution is 2.36. The molecule has 1 fully saturated rings. The number of rotatable bonds is 4. The highest BCUT2D eigenvalue weighted by Gasteiger charge is 2.42. The van der Waals surface area contributed by atoms with Crippen molar-refractivity contribution in [3.63, 3.8) is 0 Å². The lowest BCUT2D eigenvalue weighted by Gasteiger charge is -2.24. The molecule has 1 heterocycles. The summed E-state index contributed by atoms with van der Waals surface area (Å²) in [5.74, 6) is -0.609. The summed E-state index contributed by atoms with van der Waals surface area (Å²) in [6.45, 7) is 0.866. The van der Waals surface area contributed by atoms with Crippen molar-refractivity contribution >= 4 is 17.7 Å². The van der Waals surface area contributed by atoms with Crippen molar-refractivity contribution in [2.24, 2.45) is 5.73 Å². The zero-order valence-corrected chi connectivity index (χ0v) is 12.7. The number of carbonyl (C=O) groups is 1. The van der Waals surface area contributed by atoms with Crippen LogP contribution in [0, 0.1) is 5.82 Å². The number of amides is 1. The number of primary amides is 1. The molecule has 1 amide bonds. The van der Waals surface area contributed by atoms with Crippen LogP contribution in [0.15, 0.2) is 58.3 Å². The lowest BCUT2D eigenvalue weighted by Crippen LogP contribution is -2.41. The number of benzene rings is 2. The van der Waals surface area contributed by atoms with Crippen LogP contribution in [0.3, 0.4) is 0 Å². The molecule has 114 valence electrons. The van der Waals surface area contributed by atoms with Crippen LogP contribution in [-0.4, -0.2) is 19.1 Å². The molecule has 0 aliphatic carbocycles. The van der Waals surface area contributed by atoms with Crippen LogP contribution in [-0.2, 0) is 14.9 Å². The average molecular weight is 317 g/mol. The molecule has 3 rings (SSSR count). The van der Waals surface area contributed by atoms with E-state index in [1.165, 1.54) is 23.9 Å². The fourth-order valence-corrected chi connectivity index (χ4v) is 3.50. The number of halogens is 1. The largest absolute Gasteiger partial charge is 0.380 e. The summed E-state index contributed by atoms with van der Waals surface area (Å²) in [6.07, 6.45) is 0.604. The molecule has 0 spiro atoms. The van der Waals surface area contributed by atoms with Gasteiger partial charge in [0, 0.05) is 16.4 Å². The topological polar surface area (TPSA) is 52.3 Å². The Bertz CT molecular complexity index is 681. The van der Waals surface area contributed by atoms with Crippen LogP contribution >= 0.6 is 11.8 Å². The molecule has 2 N–H and O–H groups in total. The minimum absolute atomic E-state index is 0.256. The van der Waals surface area contributed by atoms with Gasteiger partial charge in [0.2, 0.25) is 5.91 Å². The minimum Gasteiger partial charge on any atom is -0.380 e. The number of hydrogen-bond acceptors (Lipinski definition) is 3. The molecule has 2 aromatic rings. The van der Waals surface area contributed by atoms with E-state index in [0.29, 0.717) is 19.6 Å². The Morgan fingerprint density at radius 2 is 1.95 bits per heavy atom. The first-order valence-corrected chi connectivity index (χ1v) is 7.83. The molecule has 1 saturated heterocycles. The van der Waals surface area contributed by atoms with E-state index < -0.39 is 5.41 Å². The normalized spacial score (nSPS) is 21.0. The second-order valence-electron chi connectivity index (χ2n) is 5.33. The Morgan fingerprint density at radius 1 is 1.18 bits per heavy atom. The third kappa shape index (κ3) is 2.87. The van der Waals surface area contributed by atoms with Gasteiger partial charge in [-0.2, -0.15) is 0 Å². The van der Waals surface area contributed by atoms with Gasteiger partial charge < -0.3 is 10.5 Å². The zero-order chi connectivity index (χ0) is 15.6. The van der Waals surface area contributed by atoms with Crippen molar-refractivity contribution in [1.82, 2.24) is 0 Å². The van der Waals surface area contributed by atoms with E-state index in [1.54, 1.807) is 12.1 Å². The molecule has 0 bridgehead atoms. The first-order valence-electron chi connectivity index (χ1n) is 7.02. The van der Waals surface area contributed by atoms with E-state index >= 15 is 0 Å². The van der Waals surface area contributed by atoms with Gasteiger partial charge in [-0.1, -0.05) is 23.9 Å². The third-order valence-electron chi connectivity index (χ3n) is 3.93. The highest BCUT2D eigenvalue weighted by atomic mass is 32.2. The summed E-state index contributed by atoms with van der Waals surface area (Å²) in [7, 11) is 0. The monoisotopic (exact) mass is 317 g/mol. The molecule has 1 atom stereocenters. The van der Waals surface area contributed by atoms with Crippen molar-refractivity contribution in [2.75, 3.05) is 13.2 Å². The first kappa shape index (κ1) is 15.1. The van der Waals surface area contributed by atoms with Gasteiger partial charge in [0.1, 0.15) is 5.82 Å². The second-order valence-corrected chi connectivity index (χ2v) is 6.48. The van der Waals surface area contributed by atoms with Gasteiger partial charge in [-0.05, 0) is 48.4 Å². The maximum Gasteiger partial charge on any atom is 0.230 e. The predicted molar refractivity (Wildman–Crippen MR) is 83.3 cm³/mol. The smallest absolute Gasteiger partial charge is 0.230 e. The molecule has 1 aliphatic heterocycles. The molecule has 0 saturated carbocycles. The Morgan fingerprint density at radius 3 is 2.59 bits per heavy atom. The fraction of sp³-hybridized carbons (Fsp3) is 0.235. The molecule has 5 heteroatoms. The summed E-state index contributed by atoms with van der Waals surface area (Å²) in [5.41, 5.74) is 5.76. The summed E-state index contributed by atoms with van der Waals surface area (Å²) in [5, 5.41) is 0. The van der Waals surface area contributed by atoms with Gasteiger partial charge >= 0.3 is 0 Å². The molecule has 3 nitrogen and oxygen atoms in total. The van der Waals surface area contributed by atoms with Crippen molar-refractivity contribution in [2.45, 2.75) is 21.6 Å². The first-order chi connectivity index (χ1) is 10.6. The quantitative estimate of drug-likeness (QED) is 0.942. The van der Waals surface area contributed by atoms with Crippen molar-refractivity contribution in [1.29, 1.82) is 0 Å². The second kappa shape index (κ2) is 6.10. The maximum atomic E-state index is 13.0. The fourth-order valence-electron chi connectivity index (χ4n) is 2.63. The standard InChI is InChI=1S/C17H16FNO2S/c18-13-4-6-14(7-5-13)22-15-3-1-2-12(10-15)17(16(19)20)8-9-21-11-17/h1-7,10H,8-9,11H2,(H2,19,20). The van der Waals surface area contributed by atoms with Crippen molar-refractivity contribution < 1.29 is 13.9 Å². The third-order valence-corrected chi connectivity index (χ3v) is 4.93. The van der Waals surface area contributed by atoms with Crippen LogP contribution in [0.1, 0.15) is 12.0 Å². The highest BCUT2D eigenvalue weighted by molar-refractivity contribution is 7.99. The van der Waals surface area contributed by atoms with Gasteiger partial charge in [-0.25, -0.2) is 4.39 Å². The summed E-state index contributed by atoms with van der Waals surface area (Å²) < 4.78 is 18.4. The van der Waals surface area contributed by atoms with E-state index in [4.69, 9.17) is 10.5 Å².